The van der Waals surface area contributed by atoms with E-state index in [4.69, 9.17) is 4.74 Å². The van der Waals surface area contributed by atoms with Crippen molar-refractivity contribution in [2.45, 2.75) is 26.1 Å². The molecule has 0 bridgehead atoms. The van der Waals surface area contributed by atoms with Gasteiger partial charge in [-0.05, 0) is 19.4 Å². The third-order valence-electron chi connectivity index (χ3n) is 3.01. The van der Waals surface area contributed by atoms with E-state index in [9.17, 15) is 9.50 Å². The summed E-state index contributed by atoms with van der Waals surface area (Å²) in [6.07, 6.45) is 0.965. The standard InChI is InChI=1S/C13H18FNO2/c1-10-8-15(6-3-7-17-10)13-11(9-16)4-2-5-12(13)14/h2,4-5,10,16H,3,6-9H2,1H3. The van der Waals surface area contributed by atoms with Gasteiger partial charge in [0.05, 0.1) is 18.4 Å². The first kappa shape index (κ1) is 12.3. The lowest BCUT2D eigenvalue weighted by atomic mass is 10.1. The van der Waals surface area contributed by atoms with Crippen molar-refractivity contribution in [2.24, 2.45) is 0 Å². The Morgan fingerprint density at radius 1 is 1.53 bits per heavy atom. The largest absolute Gasteiger partial charge is 0.392 e. The molecule has 4 heteroatoms. The molecule has 1 N–H and O–H groups in total. The van der Waals surface area contributed by atoms with E-state index in [0.717, 1.165) is 13.0 Å². The molecule has 1 fully saturated rings. The normalized spacial score (nSPS) is 21.4. The van der Waals surface area contributed by atoms with Crippen LogP contribution in [0.3, 0.4) is 0 Å². The Balaban J connectivity index is 2.31. The summed E-state index contributed by atoms with van der Waals surface area (Å²) in [5.74, 6) is -0.273. The van der Waals surface area contributed by atoms with Crippen molar-refractivity contribution < 1.29 is 14.2 Å². The lowest BCUT2D eigenvalue weighted by Gasteiger charge is -2.26. The average molecular weight is 239 g/mol. The summed E-state index contributed by atoms with van der Waals surface area (Å²) in [5, 5.41) is 9.29. The minimum atomic E-state index is -0.273. The SMILES string of the molecule is CC1CN(c2c(F)cccc2CO)CCCO1. The number of rotatable bonds is 2. The Hall–Kier alpha value is -1.13. The van der Waals surface area contributed by atoms with Crippen LogP contribution >= 0.6 is 0 Å². The highest BCUT2D eigenvalue weighted by molar-refractivity contribution is 5.54. The molecule has 3 nitrogen and oxygen atoms in total. The maximum Gasteiger partial charge on any atom is 0.146 e. The molecule has 0 radical (unpaired) electrons. The van der Waals surface area contributed by atoms with Crippen LogP contribution < -0.4 is 4.90 Å². The summed E-state index contributed by atoms with van der Waals surface area (Å²) >= 11 is 0. The first-order chi connectivity index (χ1) is 8.22. The average Bonchev–Trinajstić information content (AvgIpc) is 2.53. The van der Waals surface area contributed by atoms with Gasteiger partial charge in [-0.25, -0.2) is 4.39 Å². The van der Waals surface area contributed by atoms with Crippen LogP contribution in [-0.4, -0.2) is 30.9 Å². The summed E-state index contributed by atoms with van der Waals surface area (Å²) < 4.78 is 19.4. The Morgan fingerprint density at radius 2 is 2.35 bits per heavy atom. The second-order valence-corrected chi connectivity index (χ2v) is 4.39. The zero-order valence-corrected chi connectivity index (χ0v) is 10.0. The van der Waals surface area contributed by atoms with E-state index in [0.29, 0.717) is 24.4 Å². The van der Waals surface area contributed by atoms with E-state index in [-0.39, 0.29) is 18.5 Å². The van der Waals surface area contributed by atoms with Gasteiger partial charge in [0.2, 0.25) is 0 Å². The highest BCUT2D eigenvalue weighted by atomic mass is 19.1. The van der Waals surface area contributed by atoms with E-state index >= 15 is 0 Å². The Kier molecular flexibility index (Phi) is 3.97. The van der Waals surface area contributed by atoms with Crippen molar-refractivity contribution in [2.75, 3.05) is 24.6 Å². The predicted octanol–water partition coefficient (Wildman–Crippen LogP) is 1.93. The molecule has 1 unspecified atom stereocenters. The first-order valence-electron chi connectivity index (χ1n) is 5.97. The third kappa shape index (κ3) is 2.76. The maximum atomic E-state index is 13.9. The van der Waals surface area contributed by atoms with Crippen molar-refractivity contribution in [3.05, 3.63) is 29.6 Å². The lowest BCUT2D eigenvalue weighted by molar-refractivity contribution is 0.0820. The maximum absolute atomic E-state index is 13.9. The van der Waals surface area contributed by atoms with Gasteiger partial charge in [-0.1, -0.05) is 12.1 Å². The number of ether oxygens (including phenoxy) is 1. The highest BCUT2D eigenvalue weighted by Gasteiger charge is 2.20. The minimum absolute atomic E-state index is 0.0867. The molecule has 1 aliphatic heterocycles. The van der Waals surface area contributed by atoms with E-state index in [1.54, 1.807) is 12.1 Å². The van der Waals surface area contributed by atoms with Gasteiger partial charge in [-0.2, -0.15) is 0 Å². The molecule has 1 aromatic rings. The molecule has 2 rings (SSSR count). The van der Waals surface area contributed by atoms with Crippen LogP contribution in [0.2, 0.25) is 0 Å². The topological polar surface area (TPSA) is 32.7 Å². The minimum Gasteiger partial charge on any atom is -0.392 e. The van der Waals surface area contributed by atoms with Gasteiger partial charge in [-0.3, -0.25) is 0 Å². The highest BCUT2D eigenvalue weighted by Crippen LogP contribution is 2.26. The fraction of sp³-hybridized carbons (Fsp3) is 0.538. The molecule has 0 spiro atoms. The van der Waals surface area contributed by atoms with Gasteiger partial charge >= 0.3 is 0 Å². The molecule has 1 heterocycles. The third-order valence-corrected chi connectivity index (χ3v) is 3.01. The smallest absolute Gasteiger partial charge is 0.146 e. The van der Waals surface area contributed by atoms with E-state index in [1.165, 1.54) is 6.07 Å². The van der Waals surface area contributed by atoms with Crippen molar-refractivity contribution in [3.8, 4) is 0 Å². The van der Waals surface area contributed by atoms with Crippen molar-refractivity contribution in [3.63, 3.8) is 0 Å². The van der Waals surface area contributed by atoms with E-state index < -0.39 is 0 Å². The van der Waals surface area contributed by atoms with Crippen LogP contribution in [0, 0.1) is 5.82 Å². The molecule has 1 saturated heterocycles. The van der Waals surface area contributed by atoms with Crippen LogP contribution in [0.4, 0.5) is 10.1 Å². The van der Waals surface area contributed by atoms with E-state index in [1.807, 2.05) is 11.8 Å². The molecule has 94 valence electrons. The molecule has 1 atom stereocenters. The Morgan fingerprint density at radius 3 is 3.12 bits per heavy atom. The summed E-state index contributed by atoms with van der Waals surface area (Å²) in [5.41, 5.74) is 1.16. The number of aliphatic hydroxyl groups is 1. The van der Waals surface area contributed by atoms with Crippen LogP contribution in [0.5, 0.6) is 0 Å². The van der Waals surface area contributed by atoms with Gasteiger partial charge in [0, 0.05) is 25.3 Å². The second-order valence-electron chi connectivity index (χ2n) is 4.39. The predicted molar refractivity (Wildman–Crippen MR) is 64.6 cm³/mol. The molecular weight excluding hydrogens is 221 g/mol. The fourth-order valence-electron chi connectivity index (χ4n) is 2.24. The van der Waals surface area contributed by atoms with Gasteiger partial charge in [0.25, 0.3) is 0 Å². The Bertz CT molecular complexity index is 384. The van der Waals surface area contributed by atoms with Crippen LogP contribution in [0.1, 0.15) is 18.9 Å². The number of halogens is 1. The molecule has 0 amide bonds. The van der Waals surface area contributed by atoms with Crippen LogP contribution in [0.15, 0.2) is 18.2 Å². The summed E-state index contributed by atoms with van der Waals surface area (Å²) in [4.78, 5) is 1.97. The number of hydrogen-bond donors (Lipinski definition) is 1. The summed E-state index contributed by atoms with van der Waals surface area (Å²) in [6.45, 7) is 3.98. The van der Waals surface area contributed by atoms with E-state index in [2.05, 4.69) is 0 Å². The van der Waals surface area contributed by atoms with Crippen molar-refractivity contribution in [1.82, 2.24) is 0 Å². The quantitative estimate of drug-likeness (QED) is 0.856. The number of benzene rings is 1. The molecule has 17 heavy (non-hydrogen) atoms. The molecule has 1 aliphatic rings. The molecule has 1 aromatic carbocycles. The van der Waals surface area contributed by atoms with Gasteiger partial charge in [0.15, 0.2) is 0 Å². The van der Waals surface area contributed by atoms with Crippen LogP contribution in [0.25, 0.3) is 0 Å². The van der Waals surface area contributed by atoms with Gasteiger partial charge in [-0.15, -0.1) is 0 Å². The van der Waals surface area contributed by atoms with Gasteiger partial charge < -0.3 is 14.7 Å². The summed E-state index contributed by atoms with van der Waals surface area (Å²) in [7, 11) is 0. The molecule has 0 saturated carbocycles. The molecule has 0 aliphatic carbocycles. The number of anilines is 1. The number of nitrogens with zero attached hydrogens (tertiary/aromatic N) is 1. The number of hydrogen-bond acceptors (Lipinski definition) is 3. The summed E-state index contributed by atoms with van der Waals surface area (Å²) in [6, 6.07) is 4.82. The molecule has 0 aromatic heterocycles. The molecular formula is C13H18FNO2. The van der Waals surface area contributed by atoms with Crippen molar-refractivity contribution in [1.29, 1.82) is 0 Å². The monoisotopic (exact) mass is 239 g/mol. The fourth-order valence-corrected chi connectivity index (χ4v) is 2.24. The lowest BCUT2D eigenvalue weighted by Crippen LogP contribution is -2.31. The zero-order chi connectivity index (χ0) is 12.3. The van der Waals surface area contributed by atoms with Gasteiger partial charge in [0.1, 0.15) is 5.82 Å². The number of aliphatic hydroxyl groups excluding tert-OH is 1. The zero-order valence-electron chi connectivity index (χ0n) is 10.0. The second kappa shape index (κ2) is 5.47. The first-order valence-corrected chi connectivity index (χ1v) is 5.97. The Labute approximate surface area is 101 Å². The number of para-hydroxylation sites is 1. The van der Waals surface area contributed by atoms with Crippen molar-refractivity contribution >= 4 is 5.69 Å². The van der Waals surface area contributed by atoms with Crippen LogP contribution in [-0.2, 0) is 11.3 Å².